The van der Waals surface area contributed by atoms with E-state index < -0.39 is 12.6 Å². The van der Waals surface area contributed by atoms with Crippen LogP contribution in [-0.2, 0) is 12.8 Å². The van der Waals surface area contributed by atoms with Crippen molar-refractivity contribution in [2.45, 2.75) is 19.0 Å². The van der Waals surface area contributed by atoms with Crippen LogP contribution in [0.2, 0.25) is 0 Å². The van der Waals surface area contributed by atoms with Crippen molar-refractivity contribution in [2.75, 3.05) is 0 Å². The highest BCUT2D eigenvalue weighted by Gasteiger charge is 2.29. The molecule has 90 valence electrons. The predicted octanol–water partition coefficient (Wildman–Crippen LogP) is 3.23. The number of alkyl halides is 3. The summed E-state index contributed by atoms with van der Waals surface area (Å²) in [6, 6.07) is 3.67. The fourth-order valence-electron chi connectivity index (χ4n) is 1.38. The van der Waals surface area contributed by atoms with Crippen LogP contribution in [0, 0.1) is 0 Å². The van der Waals surface area contributed by atoms with Gasteiger partial charge in [-0.25, -0.2) is 4.98 Å². The minimum absolute atomic E-state index is 0.113. The zero-order valence-corrected chi connectivity index (χ0v) is 9.55. The van der Waals surface area contributed by atoms with Gasteiger partial charge in [0.2, 0.25) is 0 Å². The molecule has 0 saturated heterocycles. The van der Waals surface area contributed by atoms with E-state index in [1.54, 1.807) is 12.4 Å². The predicted molar refractivity (Wildman–Crippen MR) is 58.9 cm³/mol. The second-order valence-electron chi connectivity index (χ2n) is 3.54. The summed E-state index contributed by atoms with van der Waals surface area (Å²) in [5.41, 5.74) is 1.02. The molecule has 2 rings (SSSR count). The van der Waals surface area contributed by atoms with Crippen LogP contribution in [0.3, 0.4) is 0 Å². The molecule has 0 bridgehead atoms. The smallest absolute Gasteiger partial charge is 0.265 e. The lowest BCUT2D eigenvalue weighted by Gasteiger charge is -2.01. The van der Waals surface area contributed by atoms with Gasteiger partial charge in [-0.2, -0.15) is 13.2 Å². The van der Waals surface area contributed by atoms with Crippen molar-refractivity contribution in [1.29, 1.82) is 0 Å². The molecule has 0 N–H and O–H groups in total. The lowest BCUT2D eigenvalue weighted by Crippen LogP contribution is -2.10. The second kappa shape index (κ2) is 4.83. The normalized spacial score (nSPS) is 11.7. The molecule has 17 heavy (non-hydrogen) atoms. The lowest BCUT2D eigenvalue weighted by molar-refractivity contribution is -0.127. The van der Waals surface area contributed by atoms with Crippen molar-refractivity contribution in [3.8, 4) is 0 Å². The molecule has 2 heterocycles. The van der Waals surface area contributed by atoms with Crippen molar-refractivity contribution in [3.63, 3.8) is 0 Å². The number of thiazole rings is 1. The van der Waals surface area contributed by atoms with E-state index in [2.05, 4.69) is 9.97 Å². The first kappa shape index (κ1) is 12.0. The largest absolute Gasteiger partial charge is 0.395 e. The van der Waals surface area contributed by atoms with Gasteiger partial charge in [0.15, 0.2) is 0 Å². The fraction of sp³-hybridized carbons (Fsp3) is 0.273. The quantitative estimate of drug-likeness (QED) is 0.844. The third-order valence-electron chi connectivity index (χ3n) is 2.08. The first-order valence-electron chi connectivity index (χ1n) is 4.92. The van der Waals surface area contributed by atoms with Gasteiger partial charge in [0.05, 0.1) is 6.42 Å². The Balaban J connectivity index is 2.04. The summed E-state index contributed by atoms with van der Waals surface area (Å²) in [7, 11) is 0. The van der Waals surface area contributed by atoms with Gasteiger partial charge in [-0.05, 0) is 17.7 Å². The summed E-state index contributed by atoms with van der Waals surface area (Å²) >= 11 is 1.10. The van der Waals surface area contributed by atoms with Gasteiger partial charge in [0.1, 0.15) is 5.01 Å². The molecule has 0 saturated carbocycles. The van der Waals surface area contributed by atoms with E-state index in [9.17, 15) is 13.2 Å². The summed E-state index contributed by atoms with van der Waals surface area (Å²) < 4.78 is 36.4. The maximum absolute atomic E-state index is 12.1. The minimum atomic E-state index is -4.19. The molecule has 0 aromatic carbocycles. The number of pyridine rings is 1. The van der Waals surface area contributed by atoms with Gasteiger partial charge in [0.25, 0.3) is 0 Å². The molecule has 0 radical (unpaired) electrons. The molecule has 0 atom stereocenters. The summed E-state index contributed by atoms with van der Waals surface area (Å²) in [5, 5.41) is 0.113. The van der Waals surface area contributed by atoms with Gasteiger partial charge in [-0.3, -0.25) is 4.98 Å². The maximum Gasteiger partial charge on any atom is 0.395 e. The number of nitrogens with zero attached hydrogens (tertiary/aromatic N) is 2. The van der Waals surface area contributed by atoms with Crippen LogP contribution in [0.5, 0.6) is 0 Å². The van der Waals surface area contributed by atoms with Crippen molar-refractivity contribution in [3.05, 3.63) is 46.2 Å². The molecule has 6 heteroatoms. The van der Waals surface area contributed by atoms with Gasteiger partial charge in [-0.1, -0.05) is 0 Å². The standard InChI is InChI=1S/C11H9F3N2S/c12-11(13,14)6-10-16-7-9(17-10)5-8-1-3-15-4-2-8/h1-4,7H,5-6H2. The monoisotopic (exact) mass is 258 g/mol. The van der Waals surface area contributed by atoms with Gasteiger partial charge in [0, 0.05) is 29.9 Å². The van der Waals surface area contributed by atoms with Crippen LogP contribution in [0.15, 0.2) is 30.7 Å². The molecule has 0 unspecified atom stereocenters. The van der Waals surface area contributed by atoms with E-state index in [4.69, 9.17) is 0 Å². The Morgan fingerprint density at radius 2 is 1.88 bits per heavy atom. The third kappa shape index (κ3) is 3.81. The molecule has 0 aliphatic heterocycles. The maximum atomic E-state index is 12.1. The summed E-state index contributed by atoms with van der Waals surface area (Å²) in [4.78, 5) is 8.49. The summed E-state index contributed by atoms with van der Waals surface area (Å²) in [6.07, 6.45) is 0.282. The Labute approximate surface area is 100 Å². The molecule has 2 aromatic heterocycles. The van der Waals surface area contributed by atoms with Crippen LogP contribution in [-0.4, -0.2) is 16.1 Å². The Kier molecular flexibility index (Phi) is 3.42. The van der Waals surface area contributed by atoms with E-state index in [0.29, 0.717) is 6.42 Å². The van der Waals surface area contributed by atoms with Gasteiger partial charge in [-0.15, -0.1) is 11.3 Å². The van der Waals surface area contributed by atoms with Crippen LogP contribution in [0.1, 0.15) is 15.4 Å². The molecule has 2 nitrogen and oxygen atoms in total. The number of rotatable bonds is 3. The van der Waals surface area contributed by atoms with Crippen LogP contribution in [0.25, 0.3) is 0 Å². The fourth-order valence-corrected chi connectivity index (χ4v) is 2.37. The summed E-state index contributed by atoms with van der Waals surface area (Å²) in [5.74, 6) is 0. The minimum Gasteiger partial charge on any atom is -0.265 e. The van der Waals surface area contributed by atoms with E-state index in [0.717, 1.165) is 21.8 Å². The Hall–Kier alpha value is -1.43. The SMILES string of the molecule is FC(F)(F)Cc1ncc(Cc2ccncc2)s1. The first-order chi connectivity index (χ1) is 8.03. The van der Waals surface area contributed by atoms with Crippen LogP contribution < -0.4 is 0 Å². The average molecular weight is 258 g/mol. The Bertz CT molecular complexity index is 479. The van der Waals surface area contributed by atoms with Crippen molar-refractivity contribution in [2.24, 2.45) is 0 Å². The highest BCUT2D eigenvalue weighted by molar-refractivity contribution is 7.11. The summed E-state index contributed by atoms with van der Waals surface area (Å²) in [6.45, 7) is 0. The lowest BCUT2D eigenvalue weighted by atomic mass is 10.2. The van der Waals surface area contributed by atoms with E-state index >= 15 is 0 Å². The third-order valence-corrected chi connectivity index (χ3v) is 3.08. The van der Waals surface area contributed by atoms with E-state index in [1.165, 1.54) is 6.20 Å². The van der Waals surface area contributed by atoms with Gasteiger partial charge < -0.3 is 0 Å². The average Bonchev–Trinajstić information content (AvgIpc) is 2.64. The molecule has 0 aliphatic carbocycles. The molecule has 0 fully saturated rings. The molecule has 0 spiro atoms. The highest BCUT2D eigenvalue weighted by atomic mass is 32.1. The zero-order valence-electron chi connectivity index (χ0n) is 8.74. The molecule has 0 aliphatic rings. The molecule has 2 aromatic rings. The van der Waals surface area contributed by atoms with Crippen LogP contribution in [0.4, 0.5) is 13.2 Å². The zero-order chi connectivity index (χ0) is 12.3. The van der Waals surface area contributed by atoms with Crippen molar-refractivity contribution < 1.29 is 13.2 Å². The molecular formula is C11H9F3N2S. The van der Waals surface area contributed by atoms with E-state index in [1.807, 2.05) is 12.1 Å². The number of halogens is 3. The molecule has 0 amide bonds. The van der Waals surface area contributed by atoms with Crippen LogP contribution >= 0.6 is 11.3 Å². The van der Waals surface area contributed by atoms with E-state index in [-0.39, 0.29) is 5.01 Å². The number of hydrogen-bond donors (Lipinski definition) is 0. The number of hydrogen-bond acceptors (Lipinski definition) is 3. The molecular weight excluding hydrogens is 249 g/mol. The topological polar surface area (TPSA) is 25.8 Å². The number of aromatic nitrogens is 2. The second-order valence-corrected chi connectivity index (χ2v) is 4.74. The Morgan fingerprint density at radius 1 is 1.18 bits per heavy atom. The van der Waals surface area contributed by atoms with Crippen molar-refractivity contribution >= 4 is 11.3 Å². The first-order valence-corrected chi connectivity index (χ1v) is 5.74. The van der Waals surface area contributed by atoms with Crippen molar-refractivity contribution in [1.82, 2.24) is 9.97 Å². The Morgan fingerprint density at radius 3 is 2.53 bits per heavy atom. The highest BCUT2D eigenvalue weighted by Crippen LogP contribution is 2.25. The van der Waals surface area contributed by atoms with Gasteiger partial charge >= 0.3 is 6.18 Å².